The van der Waals surface area contributed by atoms with E-state index in [1.54, 1.807) is 13.3 Å². The molecule has 1 saturated heterocycles. The van der Waals surface area contributed by atoms with Crippen molar-refractivity contribution in [3.8, 4) is 5.75 Å². The summed E-state index contributed by atoms with van der Waals surface area (Å²) in [6.45, 7) is 4.05. The molecule has 3 rings (SSSR count). The number of nitrogens with zero attached hydrogens (tertiary/aromatic N) is 3. The molecular formula is C20H26N4O3. The molecule has 2 aromatic rings. The first-order valence-electron chi connectivity index (χ1n) is 9.29. The fourth-order valence-corrected chi connectivity index (χ4v) is 3.19. The van der Waals surface area contributed by atoms with E-state index < -0.39 is 0 Å². The van der Waals surface area contributed by atoms with Gasteiger partial charge in [0, 0.05) is 37.5 Å². The van der Waals surface area contributed by atoms with Crippen LogP contribution in [0.5, 0.6) is 5.75 Å². The van der Waals surface area contributed by atoms with Crippen molar-refractivity contribution in [2.24, 2.45) is 0 Å². The lowest BCUT2D eigenvalue weighted by molar-refractivity contribution is -0.137. The Morgan fingerprint density at radius 2 is 2.11 bits per heavy atom. The lowest BCUT2D eigenvalue weighted by Gasteiger charge is -2.32. The average molecular weight is 370 g/mol. The van der Waals surface area contributed by atoms with Crippen LogP contribution in [0.4, 0.5) is 11.6 Å². The second-order valence-electron chi connectivity index (χ2n) is 6.47. The van der Waals surface area contributed by atoms with Gasteiger partial charge in [0.2, 0.25) is 11.9 Å². The quantitative estimate of drug-likeness (QED) is 0.807. The minimum atomic E-state index is 0.0483. The molecule has 2 heterocycles. The molecule has 0 saturated carbocycles. The van der Waals surface area contributed by atoms with Crippen LogP contribution in [0.2, 0.25) is 0 Å². The first-order chi connectivity index (χ1) is 13.2. The van der Waals surface area contributed by atoms with Gasteiger partial charge in [-0.15, -0.1) is 0 Å². The number of hydrogen-bond acceptors (Lipinski definition) is 6. The molecule has 1 aromatic carbocycles. The molecule has 0 spiro atoms. The van der Waals surface area contributed by atoms with Gasteiger partial charge in [-0.1, -0.05) is 0 Å². The highest BCUT2D eigenvalue weighted by molar-refractivity contribution is 5.77. The van der Waals surface area contributed by atoms with Gasteiger partial charge in [-0.3, -0.25) is 4.79 Å². The van der Waals surface area contributed by atoms with Crippen LogP contribution in [-0.4, -0.2) is 54.2 Å². The molecule has 1 amide bonds. The number of aromatic nitrogens is 2. The standard InChI is InChI=1S/C20H26N4O3/c1-3-27-14-19(25)24-12-4-5-15(13-24)18-10-11-21-20(23-18)22-16-6-8-17(26-2)9-7-16/h6-11,15H,3-5,12-14H2,1-2H3,(H,21,22,23)/t15-/m1/s1. The maximum absolute atomic E-state index is 12.2. The number of benzene rings is 1. The Hall–Kier alpha value is -2.67. The maximum atomic E-state index is 12.2. The number of nitrogens with one attached hydrogen (secondary N) is 1. The number of piperidine rings is 1. The molecule has 0 bridgehead atoms. The van der Waals surface area contributed by atoms with Crippen LogP contribution >= 0.6 is 0 Å². The van der Waals surface area contributed by atoms with Crippen molar-refractivity contribution in [1.82, 2.24) is 14.9 Å². The third-order valence-corrected chi connectivity index (χ3v) is 4.65. The monoisotopic (exact) mass is 370 g/mol. The number of ether oxygens (including phenoxy) is 2. The number of amides is 1. The molecule has 1 aromatic heterocycles. The number of carbonyl (C=O) groups is 1. The first kappa shape index (κ1) is 19.1. The minimum Gasteiger partial charge on any atom is -0.497 e. The summed E-state index contributed by atoms with van der Waals surface area (Å²) < 4.78 is 10.4. The van der Waals surface area contributed by atoms with Gasteiger partial charge >= 0.3 is 0 Å². The van der Waals surface area contributed by atoms with Crippen LogP contribution in [0.3, 0.4) is 0 Å². The normalized spacial score (nSPS) is 16.8. The molecule has 1 N–H and O–H groups in total. The van der Waals surface area contributed by atoms with Crippen LogP contribution in [0, 0.1) is 0 Å². The highest BCUT2D eigenvalue weighted by Crippen LogP contribution is 2.26. The Bertz CT molecular complexity index is 751. The molecule has 0 radical (unpaired) electrons. The lowest BCUT2D eigenvalue weighted by Crippen LogP contribution is -2.41. The second-order valence-corrected chi connectivity index (χ2v) is 6.47. The maximum Gasteiger partial charge on any atom is 0.248 e. The Morgan fingerprint density at radius 1 is 1.30 bits per heavy atom. The number of carbonyl (C=O) groups excluding carboxylic acids is 1. The summed E-state index contributed by atoms with van der Waals surface area (Å²) in [5.74, 6) is 1.61. The number of anilines is 2. The molecule has 1 fully saturated rings. The van der Waals surface area contributed by atoms with Crippen molar-refractivity contribution >= 4 is 17.5 Å². The topological polar surface area (TPSA) is 76.6 Å². The van der Waals surface area contributed by atoms with E-state index in [1.807, 2.05) is 42.2 Å². The van der Waals surface area contributed by atoms with Gasteiger partial charge in [0.05, 0.1) is 12.8 Å². The number of rotatable bonds is 7. The van der Waals surface area contributed by atoms with Crippen molar-refractivity contribution in [3.63, 3.8) is 0 Å². The fraction of sp³-hybridized carbons (Fsp3) is 0.450. The van der Waals surface area contributed by atoms with Crippen LogP contribution < -0.4 is 10.1 Å². The van der Waals surface area contributed by atoms with Crippen molar-refractivity contribution in [2.45, 2.75) is 25.7 Å². The number of methoxy groups -OCH3 is 1. The van der Waals surface area contributed by atoms with Crippen molar-refractivity contribution in [2.75, 3.05) is 38.7 Å². The Kier molecular flexibility index (Phi) is 6.59. The van der Waals surface area contributed by atoms with Gasteiger partial charge in [-0.25, -0.2) is 9.97 Å². The summed E-state index contributed by atoms with van der Waals surface area (Å²) in [4.78, 5) is 23.1. The SMILES string of the molecule is CCOCC(=O)N1CCC[C@@H](c2ccnc(Nc3ccc(OC)cc3)n2)C1. The third-order valence-electron chi connectivity index (χ3n) is 4.65. The van der Waals surface area contributed by atoms with E-state index >= 15 is 0 Å². The zero-order valence-corrected chi connectivity index (χ0v) is 15.9. The van der Waals surface area contributed by atoms with E-state index in [-0.39, 0.29) is 18.4 Å². The summed E-state index contributed by atoms with van der Waals surface area (Å²) in [5.41, 5.74) is 1.85. The average Bonchev–Trinajstić information content (AvgIpc) is 2.73. The summed E-state index contributed by atoms with van der Waals surface area (Å²) in [5, 5.41) is 3.22. The minimum absolute atomic E-state index is 0.0483. The molecule has 0 unspecified atom stereocenters. The van der Waals surface area contributed by atoms with Crippen LogP contribution in [0.25, 0.3) is 0 Å². The molecule has 144 valence electrons. The molecule has 1 aliphatic heterocycles. The molecule has 1 aliphatic rings. The summed E-state index contributed by atoms with van der Waals surface area (Å²) in [6.07, 6.45) is 3.74. The summed E-state index contributed by atoms with van der Waals surface area (Å²) in [6, 6.07) is 9.54. The van der Waals surface area contributed by atoms with E-state index in [0.717, 1.165) is 36.5 Å². The molecule has 0 aliphatic carbocycles. The zero-order valence-electron chi connectivity index (χ0n) is 15.9. The lowest BCUT2D eigenvalue weighted by atomic mass is 9.94. The highest BCUT2D eigenvalue weighted by atomic mass is 16.5. The van der Waals surface area contributed by atoms with Gasteiger partial charge < -0.3 is 19.7 Å². The van der Waals surface area contributed by atoms with Crippen LogP contribution in [0.1, 0.15) is 31.4 Å². The van der Waals surface area contributed by atoms with E-state index in [4.69, 9.17) is 9.47 Å². The van der Waals surface area contributed by atoms with Gasteiger partial charge in [0.1, 0.15) is 12.4 Å². The first-order valence-corrected chi connectivity index (χ1v) is 9.29. The smallest absolute Gasteiger partial charge is 0.248 e. The van der Waals surface area contributed by atoms with Crippen molar-refractivity contribution in [3.05, 3.63) is 42.2 Å². The highest BCUT2D eigenvalue weighted by Gasteiger charge is 2.25. The summed E-state index contributed by atoms with van der Waals surface area (Å²) in [7, 11) is 1.64. The Morgan fingerprint density at radius 3 is 2.85 bits per heavy atom. The van der Waals surface area contributed by atoms with Gasteiger partial charge in [0.15, 0.2) is 0 Å². The molecule has 1 atom stereocenters. The molecule has 7 nitrogen and oxygen atoms in total. The van der Waals surface area contributed by atoms with Gasteiger partial charge in [0.25, 0.3) is 0 Å². The van der Waals surface area contributed by atoms with Crippen LogP contribution in [0.15, 0.2) is 36.5 Å². The largest absolute Gasteiger partial charge is 0.497 e. The van der Waals surface area contributed by atoms with Gasteiger partial charge in [-0.2, -0.15) is 0 Å². The van der Waals surface area contributed by atoms with Gasteiger partial charge in [-0.05, 0) is 50.1 Å². The molecule has 7 heteroatoms. The molecule has 27 heavy (non-hydrogen) atoms. The fourth-order valence-electron chi connectivity index (χ4n) is 3.19. The second kappa shape index (κ2) is 9.32. The van der Waals surface area contributed by atoms with E-state index in [2.05, 4.69) is 15.3 Å². The van der Waals surface area contributed by atoms with E-state index in [1.165, 1.54) is 0 Å². The van der Waals surface area contributed by atoms with Crippen molar-refractivity contribution in [1.29, 1.82) is 0 Å². The predicted molar refractivity (Wildman–Crippen MR) is 103 cm³/mol. The number of hydrogen-bond donors (Lipinski definition) is 1. The van der Waals surface area contributed by atoms with E-state index in [9.17, 15) is 4.79 Å². The Labute approximate surface area is 159 Å². The summed E-state index contributed by atoms with van der Waals surface area (Å²) >= 11 is 0. The zero-order chi connectivity index (χ0) is 19.1. The number of likely N-dealkylation sites (tertiary alicyclic amines) is 1. The predicted octanol–water partition coefficient (Wildman–Crippen LogP) is 2.97. The van der Waals surface area contributed by atoms with Crippen molar-refractivity contribution < 1.29 is 14.3 Å². The van der Waals surface area contributed by atoms with E-state index in [0.29, 0.717) is 19.1 Å². The Balaban J connectivity index is 1.66. The molecular weight excluding hydrogens is 344 g/mol. The van der Waals surface area contributed by atoms with Crippen LogP contribution in [-0.2, 0) is 9.53 Å². The third kappa shape index (κ3) is 5.17.